The third-order valence-corrected chi connectivity index (χ3v) is 5.18. The maximum atomic E-state index is 12.9. The summed E-state index contributed by atoms with van der Waals surface area (Å²) in [4.78, 5) is 13.9. The summed E-state index contributed by atoms with van der Waals surface area (Å²) in [6, 6.07) is 4.69. The van der Waals surface area contributed by atoms with Gasteiger partial charge in [0.25, 0.3) is 0 Å². The first-order valence-electron chi connectivity index (χ1n) is 7.25. The van der Waals surface area contributed by atoms with E-state index in [4.69, 9.17) is 0 Å². The molecule has 0 aromatic heterocycles. The Labute approximate surface area is 149 Å². The molecular weight excluding hydrogens is 441 g/mol. The number of carbonyl (C=O) groups excluding carboxylic acids is 1. The summed E-state index contributed by atoms with van der Waals surface area (Å²) >= 11 is 6.67. The van der Waals surface area contributed by atoms with Crippen LogP contribution in [0.2, 0.25) is 0 Å². The molecule has 1 aromatic rings. The molecule has 0 spiro atoms. The summed E-state index contributed by atoms with van der Waals surface area (Å²) in [5, 5.41) is 2.76. The molecule has 1 aromatic carbocycles. The molecule has 1 amide bonds. The average Bonchev–Trinajstić information content (AvgIpc) is 2.48. The van der Waals surface area contributed by atoms with Gasteiger partial charge in [-0.05, 0) is 60.4 Å². The van der Waals surface area contributed by atoms with Crippen LogP contribution < -0.4 is 5.32 Å². The fourth-order valence-electron chi connectivity index (χ4n) is 2.62. The first-order chi connectivity index (χ1) is 10.7. The third-order valence-electron chi connectivity index (χ3n) is 4.03. The molecule has 1 aliphatic rings. The van der Waals surface area contributed by atoms with Crippen LogP contribution in [0.5, 0.6) is 0 Å². The Morgan fingerprint density at radius 3 is 2.70 bits per heavy atom. The minimum Gasteiger partial charge on any atom is -0.324 e. The lowest BCUT2D eigenvalue weighted by Crippen LogP contribution is -2.49. The number of hydrogen-bond donors (Lipinski definition) is 1. The van der Waals surface area contributed by atoms with Gasteiger partial charge in [0.05, 0.1) is 17.6 Å². The molecule has 2 atom stereocenters. The zero-order valence-corrected chi connectivity index (χ0v) is 15.6. The molecule has 1 saturated heterocycles. The molecule has 2 rings (SSSR count). The van der Waals surface area contributed by atoms with Crippen molar-refractivity contribution >= 4 is 43.5 Å². The average molecular weight is 458 g/mol. The topological polar surface area (TPSA) is 32.3 Å². The fraction of sp³-hybridized carbons (Fsp3) is 0.533. The number of amides is 1. The molecule has 0 aliphatic carbocycles. The van der Waals surface area contributed by atoms with E-state index in [-0.39, 0.29) is 18.9 Å². The predicted octanol–water partition coefficient (Wildman–Crippen LogP) is 4.81. The van der Waals surface area contributed by atoms with Crippen molar-refractivity contribution in [1.29, 1.82) is 0 Å². The summed E-state index contributed by atoms with van der Waals surface area (Å²) < 4.78 is 40.2. The number of piperidine rings is 1. The van der Waals surface area contributed by atoms with Crippen LogP contribution in [0.4, 0.5) is 18.9 Å². The minimum absolute atomic E-state index is 0.125. The van der Waals surface area contributed by atoms with E-state index in [0.717, 1.165) is 4.47 Å². The quantitative estimate of drug-likeness (QED) is 0.706. The van der Waals surface area contributed by atoms with E-state index in [1.165, 1.54) is 0 Å². The van der Waals surface area contributed by atoms with Gasteiger partial charge in [0, 0.05) is 15.5 Å². The van der Waals surface area contributed by atoms with Gasteiger partial charge in [-0.1, -0.05) is 15.9 Å². The number of likely N-dealkylation sites (tertiary alicyclic amines) is 1. The maximum Gasteiger partial charge on any atom is 0.393 e. The molecule has 1 N–H and O–H groups in total. The molecule has 0 saturated carbocycles. The van der Waals surface area contributed by atoms with Crippen LogP contribution in [0.25, 0.3) is 0 Å². The Morgan fingerprint density at radius 1 is 1.39 bits per heavy atom. The number of carbonyl (C=O) groups is 1. The highest BCUT2D eigenvalue weighted by Gasteiger charge is 2.43. The largest absolute Gasteiger partial charge is 0.393 e. The van der Waals surface area contributed by atoms with E-state index in [0.29, 0.717) is 23.1 Å². The highest BCUT2D eigenvalue weighted by atomic mass is 79.9. The number of rotatable bonds is 3. The van der Waals surface area contributed by atoms with E-state index in [1.807, 2.05) is 0 Å². The van der Waals surface area contributed by atoms with Gasteiger partial charge in [-0.15, -0.1) is 0 Å². The monoisotopic (exact) mass is 456 g/mol. The molecule has 128 valence electrons. The zero-order valence-electron chi connectivity index (χ0n) is 12.5. The number of benzene rings is 1. The number of nitrogens with one attached hydrogen (secondary N) is 1. The van der Waals surface area contributed by atoms with Crippen molar-refractivity contribution in [2.45, 2.75) is 32.0 Å². The van der Waals surface area contributed by atoms with Gasteiger partial charge in [0.1, 0.15) is 0 Å². The molecule has 23 heavy (non-hydrogen) atoms. The van der Waals surface area contributed by atoms with Crippen molar-refractivity contribution in [1.82, 2.24) is 4.90 Å². The number of nitrogens with zero attached hydrogens (tertiary/aromatic N) is 1. The highest BCUT2D eigenvalue weighted by Crippen LogP contribution is 2.34. The molecule has 0 unspecified atom stereocenters. The lowest BCUT2D eigenvalue weighted by atomic mass is 9.96. The van der Waals surface area contributed by atoms with Gasteiger partial charge in [-0.2, -0.15) is 13.2 Å². The molecule has 1 fully saturated rings. The minimum atomic E-state index is -4.20. The van der Waals surface area contributed by atoms with Gasteiger partial charge in [-0.3, -0.25) is 9.69 Å². The smallest absolute Gasteiger partial charge is 0.324 e. The van der Waals surface area contributed by atoms with E-state index >= 15 is 0 Å². The molecule has 8 heteroatoms. The standard InChI is InChI=1S/C15H17Br2F3N2O/c1-9(22-6-2-3-10(8-22)15(18,19)20)14(23)21-13-5-4-11(16)7-12(13)17/h4-5,7,9-10H,2-3,6,8H2,1H3,(H,21,23)/t9-,10+/m0/s1. The lowest BCUT2D eigenvalue weighted by molar-refractivity contribution is -0.188. The van der Waals surface area contributed by atoms with Crippen molar-refractivity contribution in [3.05, 3.63) is 27.1 Å². The second-order valence-corrected chi connectivity index (χ2v) is 7.44. The Morgan fingerprint density at radius 2 is 2.09 bits per heavy atom. The number of hydrogen-bond acceptors (Lipinski definition) is 2. The normalized spacial score (nSPS) is 21.0. The summed E-state index contributed by atoms with van der Waals surface area (Å²) in [7, 11) is 0. The van der Waals surface area contributed by atoms with E-state index < -0.39 is 18.1 Å². The molecule has 3 nitrogen and oxygen atoms in total. The van der Waals surface area contributed by atoms with Crippen molar-refractivity contribution in [2.24, 2.45) is 5.92 Å². The van der Waals surface area contributed by atoms with Crippen molar-refractivity contribution in [3.8, 4) is 0 Å². The van der Waals surface area contributed by atoms with Crippen molar-refractivity contribution in [2.75, 3.05) is 18.4 Å². The SMILES string of the molecule is C[C@@H](C(=O)Nc1ccc(Br)cc1Br)N1CCC[C@@H](C(F)(F)F)C1. The van der Waals surface area contributed by atoms with Crippen LogP contribution in [0.15, 0.2) is 27.1 Å². The first-order valence-corrected chi connectivity index (χ1v) is 8.83. The van der Waals surface area contributed by atoms with Crippen LogP contribution >= 0.6 is 31.9 Å². The summed E-state index contributed by atoms with van der Waals surface area (Å²) in [6.45, 7) is 2.02. The van der Waals surface area contributed by atoms with Crippen LogP contribution in [-0.2, 0) is 4.79 Å². The summed E-state index contributed by atoms with van der Waals surface area (Å²) in [5.41, 5.74) is 0.592. The Bertz CT molecular complexity index is 580. The Balaban J connectivity index is 2.01. The van der Waals surface area contributed by atoms with Gasteiger partial charge in [0.2, 0.25) is 5.91 Å². The molecule has 1 heterocycles. The van der Waals surface area contributed by atoms with Crippen LogP contribution in [0.1, 0.15) is 19.8 Å². The van der Waals surface area contributed by atoms with Crippen molar-refractivity contribution < 1.29 is 18.0 Å². The van der Waals surface area contributed by atoms with E-state index in [9.17, 15) is 18.0 Å². The number of anilines is 1. The number of halogens is 5. The Hall–Kier alpha value is -0.600. The maximum absolute atomic E-state index is 12.9. The second kappa shape index (κ2) is 7.53. The van der Waals surface area contributed by atoms with Crippen molar-refractivity contribution in [3.63, 3.8) is 0 Å². The van der Waals surface area contributed by atoms with E-state index in [1.54, 1.807) is 30.0 Å². The van der Waals surface area contributed by atoms with Gasteiger partial charge in [-0.25, -0.2) is 0 Å². The number of alkyl halides is 3. The van der Waals surface area contributed by atoms with Crippen LogP contribution in [0, 0.1) is 5.92 Å². The molecule has 0 radical (unpaired) electrons. The molecule has 0 bridgehead atoms. The predicted molar refractivity (Wildman–Crippen MR) is 90.3 cm³/mol. The highest BCUT2D eigenvalue weighted by molar-refractivity contribution is 9.11. The van der Waals surface area contributed by atoms with Gasteiger partial charge >= 0.3 is 6.18 Å². The Kier molecular flexibility index (Phi) is 6.13. The van der Waals surface area contributed by atoms with Gasteiger partial charge < -0.3 is 5.32 Å². The van der Waals surface area contributed by atoms with E-state index in [2.05, 4.69) is 37.2 Å². The summed E-state index contributed by atoms with van der Waals surface area (Å²) in [5.74, 6) is -1.67. The lowest BCUT2D eigenvalue weighted by Gasteiger charge is -2.36. The third kappa shape index (κ3) is 4.93. The second-order valence-electron chi connectivity index (χ2n) is 5.67. The first kappa shape index (κ1) is 18.7. The van der Waals surface area contributed by atoms with Crippen LogP contribution in [-0.4, -0.2) is 36.1 Å². The molecular formula is C15H17Br2F3N2O. The van der Waals surface area contributed by atoms with Gasteiger partial charge in [0.15, 0.2) is 0 Å². The summed E-state index contributed by atoms with van der Waals surface area (Å²) in [6.07, 6.45) is -3.63. The molecule has 1 aliphatic heterocycles. The fourth-order valence-corrected chi connectivity index (χ4v) is 3.77. The zero-order chi connectivity index (χ0) is 17.2. The van der Waals surface area contributed by atoms with Crippen LogP contribution in [0.3, 0.4) is 0 Å².